The number of nitrogens with zero attached hydrogens (tertiary/aromatic N) is 1. The Balaban J connectivity index is 1.94. The molecule has 3 heteroatoms. The highest BCUT2D eigenvalue weighted by Gasteiger charge is 2.32. The van der Waals surface area contributed by atoms with Crippen molar-refractivity contribution in [1.29, 1.82) is 0 Å². The lowest BCUT2D eigenvalue weighted by atomic mass is 10.0. The van der Waals surface area contributed by atoms with E-state index in [-0.39, 0.29) is 0 Å². The fraction of sp³-hybridized carbons (Fsp3) is 0.750. The van der Waals surface area contributed by atoms with E-state index in [1.165, 1.54) is 12.8 Å². The van der Waals surface area contributed by atoms with Crippen LogP contribution < -0.4 is 5.32 Å². The first-order chi connectivity index (χ1) is 7.33. The molecule has 1 heterocycles. The average molecular weight is 208 g/mol. The molecular weight excluding hydrogens is 188 g/mol. The summed E-state index contributed by atoms with van der Waals surface area (Å²) in [6, 6.07) is 0. The zero-order valence-corrected chi connectivity index (χ0v) is 9.62. The summed E-state index contributed by atoms with van der Waals surface area (Å²) >= 11 is 0. The van der Waals surface area contributed by atoms with Crippen molar-refractivity contribution in [3.63, 3.8) is 0 Å². The Labute approximate surface area is 91.3 Å². The van der Waals surface area contributed by atoms with Gasteiger partial charge in [0.1, 0.15) is 5.76 Å². The highest BCUT2D eigenvalue weighted by Crippen LogP contribution is 2.42. The molecule has 1 aromatic rings. The molecular formula is C12H20N2O. The van der Waals surface area contributed by atoms with Crippen LogP contribution in [-0.2, 0) is 6.54 Å². The van der Waals surface area contributed by atoms with Crippen molar-refractivity contribution >= 4 is 0 Å². The lowest BCUT2D eigenvalue weighted by Crippen LogP contribution is -2.15. The molecule has 0 radical (unpaired) electrons. The van der Waals surface area contributed by atoms with Crippen molar-refractivity contribution in [3.8, 4) is 0 Å². The number of hydrogen-bond donors (Lipinski definition) is 1. The van der Waals surface area contributed by atoms with Crippen molar-refractivity contribution in [2.75, 3.05) is 6.54 Å². The second-order valence-electron chi connectivity index (χ2n) is 4.47. The van der Waals surface area contributed by atoms with Gasteiger partial charge in [-0.05, 0) is 31.7 Å². The van der Waals surface area contributed by atoms with Gasteiger partial charge in [-0.2, -0.15) is 0 Å². The van der Waals surface area contributed by atoms with Crippen molar-refractivity contribution in [1.82, 2.24) is 10.3 Å². The molecule has 3 nitrogen and oxygen atoms in total. The van der Waals surface area contributed by atoms with E-state index in [9.17, 15) is 0 Å². The van der Waals surface area contributed by atoms with E-state index in [2.05, 4.69) is 24.1 Å². The van der Waals surface area contributed by atoms with Gasteiger partial charge in [0.05, 0.1) is 5.69 Å². The predicted molar refractivity (Wildman–Crippen MR) is 59.6 cm³/mol. The van der Waals surface area contributed by atoms with Crippen molar-refractivity contribution in [2.45, 2.75) is 45.6 Å². The standard InChI is InChI=1S/C12H20N2O/c1-3-6-13-7-11-12(15-8-14-11)9(2)10-4-5-10/h8-10,13H,3-7H2,1-2H3. The third kappa shape index (κ3) is 2.59. The van der Waals surface area contributed by atoms with E-state index in [1.807, 2.05) is 0 Å². The van der Waals surface area contributed by atoms with Crippen LogP contribution in [-0.4, -0.2) is 11.5 Å². The maximum atomic E-state index is 5.51. The first-order valence-electron chi connectivity index (χ1n) is 5.96. The summed E-state index contributed by atoms with van der Waals surface area (Å²) in [4.78, 5) is 4.29. The molecule has 1 atom stereocenters. The van der Waals surface area contributed by atoms with Crippen molar-refractivity contribution < 1.29 is 4.42 Å². The molecule has 0 aromatic carbocycles. The van der Waals surface area contributed by atoms with Crippen LogP contribution in [0.3, 0.4) is 0 Å². The number of rotatable bonds is 6. The number of oxazole rings is 1. The molecule has 1 fully saturated rings. The molecule has 1 N–H and O–H groups in total. The van der Waals surface area contributed by atoms with Gasteiger partial charge in [0, 0.05) is 12.5 Å². The minimum atomic E-state index is 0.547. The second kappa shape index (κ2) is 4.79. The molecule has 15 heavy (non-hydrogen) atoms. The van der Waals surface area contributed by atoms with E-state index in [0.717, 1.165) is 36.9 Å². The molecule has 0 spiro atoms. The topological polar surface area (TPSA) is 38.1 Å². The van der Waals surface area contributed by atoms with Crippen LogP contribution in [0.4, 0.5) is 0 Å². The Morgan fingerprint density at radius 3 is 3.07 bits per heavy atom. The molecule has 1 aliphatic rings. The van der Waals surface area contributed by atoms with Gasteiger partial charge >= 0.3 is 0 Å². The van der Waals surface area contributed by atoms with Crippen LogP contribution in [0.1, 0.15) is 50.5 Å². The van der Waals surface area contributed by atoms with E-state index in [4.69, 9.17) is 4.42 Å². The number of aromatic nitrogens is 1. The summed E-state index contributed by atoms with van der Waals surface area (Å²) in [7, 11) is 0. The van der Waals surface area contributed by atoms with Crippen LogP contribution in [0, 0.1) is 5.92 Å². The minimum absolute atomic E-state index is 0.547. The van der Waals surface area contributed by atoms with Crippen LogP contribution in [0.25, 0.3) is 0 Å². The highest BCUT2D eigenvalue weighted by molar-refractivity contribution is 5.14. The van der Waals surface area contributed by atoms with Crippen LogP contribution in [0.2, 0.25) is 0 Å². The maximum Gasteiger partial charge on any atom is 0.181 e. The molecule has 1 aromatic heterocycles. The fourth-order valence-electron chi connectivity index (χ4n) is 1.98. The average Bonchev–Trinajstić information content (AvgIpc) is 2.98. The first kappa shape index (κ1) is 10.7. The van der Waals surface area contributed by atoms with E-state index in [1.54, 1.807) is 6.39 Å². The SMILES string of the molecule is CCCNCc1ncoc1C(C)C1CC1. The second-order valence-corrected chi connectivity index (χ2v) is 4.47. The Kier molecular flexibility index (Phi) is 3.41. The number of nitrogens with one attached hydrogen (secondary N) is 1. The molecule has 0 bridgehead atoms. The smallest absolute Gasteiger partial charge is 0.181 e. The van der Waals surface area contributed by atoms with E-state index < -0.39 is 0 Å². The van der Waals surface area contributed by atoms with Gasteiger partial charge in [-0.25, -0.2) is 4.98 Å². The van der Waals surface area contributed by atoms with E-state index >= 15 is 0 Å². The van der Waals surface area contributed by atoms with Gasteiger partial charge < -0.3 is 9.73 Å². The Hall–Kier alpha value is -0.830. The third-order valence-corrected chi connectivity index (χ3v) is 3.13. The Morgan fingerprint density at radius 2 is 2.40 bits per heavy atom. The first-order valence-corrected chi connectivity index (χ1v) is 5.96. The summed E-state index contributed by atoms with van der Waals surface area (Å²) in [6.45, 7) is 6.31. The van der Waals surface area contributed by atoms with E-state index in [0.29, 0.717) is 5.92 Å². The molecule has 1 saturated carbocycles. The van der Waals surface area contributed by atoms with Gasteiger partial charge in [0.15, 0.2) is 6.39 Å². The molecule has 0 amide bonds. The zero-order chi connectivity index (χ0) is 10.7. The fourth-order valence-corrected chi connectivity index (χ4v) is 1.98. The van der Waals surface area contributed by atoms with Crippen LogP contribution in [0.15, 0.2) is 10.8 Å². The Morgan fingerprint density at radius 1 is 1.60 bits per heavy atom. The molecule has 0 saturated heterocycles. The van der Waals surface area contributed by atoms with Crippen LogP contribution >= 0.6 is 0 Å². The quantitative estimate of drug-likeness (QED) is 0.730. The minimum Gasteiger partial charge on any atom is -0.448 e. The lowest BCUT2D eigenvalue weighted by molar-refractivity contribution is 0.444. The van der Waals surface area contributed by atoms with Gasteiger partial charge in [-0.1, -0.05) is 13.8 Å². The number of hydrogen-bond acceptors (Lipinski definition) is 3. The third-order valence-electron chi connectivity index (χ3n) is 3.13. The summed E-state index contributed by atoms with van der Waals surface area (Å²) in [5.41, 5.74) is 1.10. The largest absolute Gasteiger partial charge is 0.448 e. The summed E-state index contributed by atoms with van der Waals surface area (Å²) < 4.78 is 5.51. The molecule has 84 valence electrons. The summed E-state index contributed by atoms with van der Waals surface area (Å²) in [6.07, 6.45) is 5.44. The summed E-state index contributed by atoms with van der Waals surface area (Å²) in [5.74, 6) is 2.48. The van der Waals surface area contributed by atoms with Gasteiger partial charge in [-0.3, -0.25) is 0 Å². The zero-order valence-electron chi connectivity index (χ0n) is 9.62. The monoisotopic (exact) mass is 208 g/mol. The van der Waals surface area contributed by atoms with Crippen molar-refractivity contribution in [2.24, 2.45) is 5.92 Å². The van der Waals surface area contributed by atoms with Crippen LogP contribution in [0.5, 0.6) is 0 Å². The maximum absolute atomic E-state index is 5.51. The normalized spacial score (nSPS) is 18.0. The van der Waals surface area contributed by atoms with Gasteiger partial charge in [0.2, 0.25) is 0 Å². The Bertz CT molecular complexity index is 304. The lowest BCUT2D eigenvalue weighted by Gasteiger charge is -2.08. The van der Waals surface area contributed by atoms with Gasteiger partial charge in [-0.15, -0.1) is 0 Å². The molecule has 2 rings (SSSR count). The van der Waals surface area contributed by atoms with Gasteiger partial charge in [0.25, 0.3) is 0 Å². The molecule has 1 unspecified atom stereocenters. The summed E-state index contributed by atoms with van der Waals surface area (Å²) in [5, 5.41) is 3.37. The highest BCUT2D eigenvalue weighted by atomic mass is 16.3. The molecule has 1 aliphatic carbocycles. The predicted octanol–water partition coefficient (Wildman–Crippen LogP) is 2.69. The van der Waals surface area contributed by atoms with Crippen molar-refractivity contribution in [3.05, 3.63) is 17.8 Å². The molecule has 0 aliphatic heterocycles.